The molecule has 4 heteroatoms. The smallest absolute Gasteiger partial charge is 0.229 e. The van der Waals surface area contributed by atoms with Gasteiger partial charge in [-0.2, -0.15) is 0 Å². The van der Waals surface area contributed by atoms with Gasteiger partial charge in [0.15, 0.2) is 5.78 Å². The van der Waals surface area contributed by atoms with Crippen LogP contribution < -0.4 is 5.32 Å². The molecule has 3 rings (SSSR count). The average molecular weight is 321 g/mol. The summed E-state index contributed by atoms with van der Waals surface area (Å²) in [5.74, 6) is -0.224. The maximum Gasteiger partial charge on any atom is 0.229 e. The van der Waals surface area contributed by atoms with Crippen LogP contribution in [0, 0.1) is 0 Å². The molecule has 1 amide bonds. The number of nitrogens with one attached hydrogen (secondary N) is 1. The second-order valence-corrected chi connectivity index (χ2v) is 6.08. The van der Waals surface area contributed by atoms with Crippen molar-refractivity contribution in [3.63, 3.8) is 0 Å². The summed E-state index contributed by atoms with van der Waals surface area (Å²) in [5, 5.41) is 4.79. The number of benzene rings is 2. The molecule has 0 aliphatic heterocycles. The summed E-state index contributed by atoms with van der Waals surface area (Å²) >= 11 is 1.54. The highest BCUT2D eigenvalue weighted by molar-refractivity contribution is 7.10. The Morgan fingerprint density at radius 1 is 0.870 bits per heavy atom. The first-order chi connectivity index (χ1) is 11.2. The Kier molecular flexibility index (Phi) is 4.64. The van der Waals surface area contributed by atoms with Gasteiger partial charge in [-0.1, -0.05) is 48.5 Å². The minimum absolute atomic E-state index is 0.0994. The summed E-state index contributed by atoms with van der Waals surface area (Å²) in [5.41, 5.74) is 1.65. The lowest BCUT2D eigenvalue weighted by Gasteiger charge is -2.10. The molecule has 114 valence electrons. The molecule has 3 aromatic rings. The number of carbonyl (C=O) groups is 2. The molecule has 1 aromatic heterocycles. The number of amides is 1. The van der Waals surface area contributed by atoms with Crippen molar-refractivity contribution < 1.29 is 9.59 Å². The molecular formula is C19H15NO2S. The highest BCUT2D eigenvalue weighted by Gasteiger charge is 2.15. The van der Waals surface area contributed by atoms with Gasteiger partial charge in [-0.05, 0) is 23.6 Å². The van der Waals surface area contributed by atoms with Gasteiger partial charge in [0.1, 0.15) is 0 Å². The van der Waals surface area contributed by atoms with Gasteiger partial charge < -0.3 is 5.32 Å². The molecule has 0 saturated carbocycles. The molecule has 0 aliphatic rings. The van der Waals surface area contributed by atoms with Crippen LogP contribution in [0.2, 0.25) is 0 Å². The summed E-state index contributed by atoms with van der Waals surface area (Å²) in [4.78, 5) is 25.8. The number of hydrogen-bond donors (Lipinski definition) is 1. The average Bonchev–Trinajstić information content (AvgIpc) is 3.08. The first kappa shape index (κ1) is 15.2. The number of thiophene rings is 1. The van der Waals surface area contributed by atoms with Gasteiger partial charge in [0.25, 0.3) is 0 Å². The normalized spacial score (nSPS) is 10.3. The first-order valence-corrected chi connectivity index (χ1v) is 8.13. The van der Waals surface area contributed by atoms with Crippen molar-refractivity contribution in [3.05, 3.63) is 88.1 Å². The van der Waals surface area contributed by atoms with Crippen LogP contribution in [-0.2, 0) is 11.2 Å². The molecule has 0 aliphatic carbocycles. The molecule has 1 heterocycles. The van der Waals surface area contributed by atoms with E-state index in [1.807, 2.05) is 41.8 Å². The fourth-order valence-electron chi connectivity index (χ4n) is 2.30. The van der Waals surface area contributed by atoms with E-state index >= 15 is 0 Å². The third kappa shape index (κ3) is 3.73. The number of hydrogen-bond acceptors (Lipinski definition) is 3. The standard InChI is InChI=1S/C19H15NO2S/c21-18(13-15-9-6-12-23-15)20-17-11-5-4-10-16(17)19(22)14-7-2-1-3-8-14/h1-12H,13H2,(H,20,21). The molecule has 0 atom stereocenters. The van der Waals surface area contributed by atoms with E-state index in [2.05, 4.69) is 5.32 Å². The van der Waals surface area contributed by atoms with E-state index in [4.69, 9.17) is 0 Å². The van der Waals surface area contributed by atoms with E-state index in [1.165, 1.54) is 0 Å². The van der Waals surface area contributed by atoms with E-state index < -0.39 is 0 Å². The Labute approximate surface area is 138 Å². The maximum atomic E-state index is 12.6. The van der Waals surface area contributed by atoms with Crippen LogP contribution in [0.4, 0.5) is 5.69 Å². The fourth-order valence-corrected chi connectivity index (χ4v) is 3.00. The van der Waals surface area contributed by atoms with E-state index in [0.29, 0.717) is 23.2 Å². The zero-order valence-corrected chi connectivity index (χ0v) is 13.2. The van der Waals surface area contributed by atoms with Gasteiger partial charge >= 0.3 is 0 Å². The van der Waals surface area contributed by atoms with Crippen LogP contribution in [-0.4, -0.2) is 11.7 Å². The van der Waals surface area contributed by atoms with E-state index in [1.54, 1.807) is 41.7 Å². The van der Waals surface area contributed by atoms with Crippen LogP contribution in [0.1, 0.15) is 20.8 Å². The number of para-hydroxylation sites is 1. The summed E-state index contributed by atoms with van der Waals surface area (Å²) < 4.78 is 0. The minimum Gasteiger partial charge on any atom is -0.325 e. The molecule has 0 fully saturated rings. The summed E-state index contributed by atoms with van der Waals surface area (Å²) in [6.45, 7) is 0. The summed E-state index contributed by atoms with van der Waals surface area (Å²) in [6.07, 6.45) is 0.311. The number of ketones is 1. The van der Waals surface area contributed by atoms with Gasteiger partial charge in [0, 0.05) is 16.0 Å². The molecule has 1 N–H and O–H groups in total. The Hall–Kier alpha value is -2.72. The minimum atomic E-state index is -0.124. The van der Waals surface area contributed by atoms with Gasteiger partial charge in [-0.3, -0.25) is 9.59 Å². The predicted octanol–water partition coefficient (Wildman–Crippen LogP) is 4.16. The van der Waals surface area contributed by atoms with Crippen molar-refractivity contribution >= 4 is 28.7 Å². The second kappa shape index (κ2) is 7.03. The Morgan fingerprint density at radius 3 is 2.35 bits per heavy atom. The summed E-state index contributed by atoms with van der Waals surface area (Å²) in [6, 6.07) is 20.0. The second-order valence-electron chi connectivity index (χ2n) is 5.05. The fraction of sp³-hybridized carbons (Fsp3) is 0.0526. The number of carbonyl (C=O) groups excluding carboxylic acids is 2. The monoisotopic (exact) mass is 321 g/mol. The van der Waals surface area contributed by atoms with Crippen LogP contribution in [0.5, 0.6) is 0 Å². The highest BCUT2D eigenvalue weighted by atomic mass is 32.1. The van der Waals surface area contributed by atoms with Gasteiger partial charge in [-0.15, -0.1) is 11.3 Å². The maximum absolute atomic E-state index is 12.6. The van der Waals surface area contributed by atoms with E-state index in [0.717, 1.165) is 4.88 Å². The molecule has 0 spiro atoms. The zero-order valence-electron chi connectivity index (χ0n) is 12.4. The SMILES string of the molecule is O=C(Cc1cccs1)Nc1ccccc1C(=O)c1ccccc1. The quantitative estimate of drug-likeness (QED) is 0.717. The molecule has 0 bridgehead atoms. The van der Waals surface area contributed by atoms with Crippen molar-refractivity contribution in [2.75, 3.05) is 5.32 Å². The van der Waals surface area contributed by atoms with E-state index in [9.17, 15) is 9.59 Å². The van der Waals surface area contributed by atoms with Gasteiger partial charge in [0.05, 0.1) is 12.1 Å². The van der Waals surface area contributed by atoms with Gasteiger partial charge in [0.2, 0.25) is 5.91 Å². The van der Waals surface area contributed by atoms with Gasteiger partial charge in [-0.25, -0.2) is 0 Å². The van der Waals surface area contributed by atoms with Crippen LogP contribution in [0.3, 0.4) is 0 Å². The largest absolute Gasteiger partial charge is 0.325 e. The lowest BCUT2D eigenvalue weighted by atomic mass is 10.0. The topological polar surface area (TPSA) is 46.2 Å². The summed E-state index contributed by atoms with van der Waals surface area (Å²) in [7, 11) is 0. The van der Waals surface area contributed by atoms with Crippen LogP contribution in [0.25, 0.3) is 0 Å². The van der Waals surface area contributed by atoms with Crippen molar-refractivity contribution in [1.29, 1.82) is 0 Å². The zero-order chi connectivity index (χ0) is 16.1. The number of anilines is 1. The third-order valence-corrected chi connectivity index (χ3v) is 4.27. The molecule has 0 saturated heterocycles. The molecule has 2 aromatic carbocycles. The van der Waals surface area contributed by atoms with Crippen molar-refractivity contribution in [2.45, 2.75) is 6.42 Å². The Morgan fingerprint density at radius 2 is 1.61 bits per heavy atom. The molecule has 0 radical (unpaired) electrons. The molecular weight excluding hydrogens is 306 g/mol. The van der Waals surface area contributed by atoms with Crippen LogP contribution in [0.15, 0.2) is 72.1 Å². The lowest BCUT2D eigenvalue weighted by Crippen LogP contribution is -2.16. The molecule has 3 nitrogen and oxygen atoms in total. The third-order valence-electron chi connectivity index (χ3n) is 3.40. The van der Waals surface area contributed by atoms with E-state index in [-0.39, 0.29) is 11.7 Å². The number of rotatable bonds is 5. The molecule has 23 heavy (non-hydrogen) atoms. The Balaban J connectivity index is 1.81. The highest BCUT2D eigenvalue weighted by Crippen LogP contribution is 2.20. The first-order valence-electron chi connectivity index (χ1n) is 7.25. The van der Waals surface area contributed by atoms with Crippen molar-refractivity contribution in [2.24, 2.45) is 0 Å². The molecule has 0 unspecified atom stereocenters. The van der Waals surface area contributed by atoms with Crippen molar-refractivity contribution in [3.8, 4) is 0 Å². The van der Waals surface area contributed by atoms with Crippen LogP contribution >= 0.6 is 11.3 Å². The predicted molar refractivity (Wildman–Crippen MR) is 93.0 cm³/mol. The Bertz CT molecular complexity index is 810. The van der Waals surface area contributed by atoms with Crippen molar-refractivity contribution in [1.82, 2.24) is 0 Å². The lowest BCUT2D eigenvalue weighted by molar-refractivity contribution is -0.115.